The predicted octanol–water partition coefficient (Wildman–Crippen LogP) is 4.35. The summed E-state index contributed by atoms with van der Waals surface area (Å²) < 4.78 is 1.85. The van der Waals surface area contributed by atoms with Crippen LogP contribution in [0.25, 0.3) is 17.0 Å². The van der Waals surface area contributed by atoms with Crippen LogP contribution in [0, 0.1) is 0 Å². The van der Waals surface area contributed by atoms with Gasteiger partial charge in [-0.2, -0.15) is 0 Å². The topological polar surface area (TPSA) is 72.2 Å². The fourth-order valence-electron chi connectivity index (χ4n) is 2.46. The molecule has 0 unspecified atom stereocenters. The third-order valence-corrected chi connectivity index (χ3v) is 4.22. The fraction of sp³-hybridized carbons (Fsp3) is 0. The number of halogens is 2. The molecular weight excluding hydrogens is 373 g/mol. The van der Waals surface area contributed by atoms with Crippen LogP contribution in [0.2, 0.25) is 10.2 Å². The molecule has 0 saturated carbocycles. The number of hydrogen-bond acceptors (Lipinski definition) is 4. The number of anilines is 1. The van der Waals surface area contributed by atoms with Gasteiger partial charge in [-0.3, -0.25) is 9.20 Å². The maximum absolute atomic E-state index is 12.3. The molecule has 1 aromatic carbocycles. The minimum atomic E-state index is -0.429. The minimum Gasteiger partial charge on any atom is -0.321 e. The van der Waals surface area contributed by atoms with E-state index >= 15 is 0 Å². The second-order valence-electron chi connectivity index (χ2n) is 5.45. The van der Waals surface area contributed by atoms with Crippen LogP contribution in [0.15, 0.2) is 61.1 Å². The zero-order valence-corrected chi connectivity index (χ0v) is 14.7. The third kappa shape index (κ3) is 3.24. The lowest BCUT2D eigenvalue weighted by atomic mass is 10.1. The van der Waals surface area contributed by atoms with E-state index in [1.165, 1.54) is 12.1 Å². The Balaban J connectivity index is 1.56. The first-order chi connectivity index (χ1) is 12.6. The Hall–Kier alpha value is -2.96. The average Bonchev–Trinajstić information content (AvgIpc) is 3.08. The van der Waals surface area contributed by atoms with E-state index in [0.717, 1.165) is 11.3 Å². The molecule has 1 amide bonds. The monoisotopic (exact) mass is 383 g/mol. The van der Waals surface area contributed by atoms with Crippen molar-refractivity contribution < 1.29 is 4.79 Å². The minimum absolute atomic E-state index is 0.0784. The number of imidazole rings is 1. The number of nitrogens with zero attached hydrogens (tertiary/aromatic N) is 4. The highest BCUT2D eigenvalue weighted by atomic mass is 35.5. The molecule has 3 heterocycles. The number of nitrogens with one attached hydrogen (secondary N) is 1. The molecule has 6 nitrogen and oxygen atoms in total. The third-order valence-electron chi connectivity index (χ3n) is 3.70. The zero-order chi connectivity index (χ0) is 18.1. The summed E-state index contributed by atoms with van der Waals surface area (Å²) in [6, 6.07) is 12.2. The number of pyridine rings is 1. The van der Waals surface area contributed by atoms with E-state index in [4.69, 9.17) is 23.2 Å². The van der Waals surface area contributed by atoms with Gasteiger partial charge in [-0.1, -0.05) is 35.3 Å². The molecule has 0 aliphatic rings. The van der Waals surface area contributed by atoms with Crippen molar-refractivity contribution in [1.29, 1.82) is 0 Å². The second-order valence-corrected chi connectivity index (χ2v) is 6.24. The summed E-state index contributed by atoms with van der Waals surface area (Å²) >= 11 is 11.8. The number of carbonyl (C=O) groups is 1. The first-order valence-corrected chi connectivity index (χ1v) is 8.39. The molecule has 0 saturated heterocycles. The Bertz CT molecular complexity index is 1080. The summed E-state index contributed by atoms with van der Waals surface area (Å²) in [4.78, 5) is 24.9. The highest BCUT2D eigenvalue weighted by molar-refractivity contribution is 6.35. The van der Waals surface area contributed by atoms with Gasteiger partial charge in [-0.25, -0.2) is 15.0 Å². The van der Waals surface area contributed by atoms with Gasteiger partial charge in [0.05, 0.1) is 10.7 Å². The molecule has 3 aromatic heterocycles. The van der Waals surface area contributed by atoms with E-state index in [1.807, 2.05) is 35.0 Å². The van der Waals surface area contributed by atoms with E-state index < -0.39 is 5.91 Å². The van der Waals surface area contributed by atoms with Crippen molar-refractivity contribution in [3.8, 4) is 11.3 Å². The van der Waals surface area contributed by atoms with Gasteiger partial charge in [-0.15, -0.1) is 0 Å². The van der Waals surface area contributed by atoms with Crippen molar-refractivity contribution >= 4 is 40.6 Å². The summed E-state index contributed by atoms with van der Waals surface area (Å²) in [6.07, 6.45) is 5.47. The van der Waals surface area contributed by atoms with Crippen LogP contribution in [0.4, 0.5) is 5.69 Å². The van der Waals surface area contributed by atoms with E-state index in [2.05, 4.69) is 20.3 Å². The predicted molar refractivity (Wildman–Crippen MR) is 101 cm³/mol. The molecule has 26 heavy (non-hydrogen) atoms. The van der Waals surface area contributed by atoms with Crippen LogP contribution in [-0.4, -0.2) is 25.3 Å². The van der Waals surface area contributed by atoms with Crippen molar-refractivity contribution in [1.82, 2.24) is 19.4 Å². The van der Waals surface area contributed by atoms with Crippen molar-refractivity contribution in [2.75, 3.05) is 5.32 Å². The van der Waals surface area contributed by atoms with Gasteiger partial charge in [0.2, 0.25) is 5.78 Å². The Morgan fingerprint density at radius 2 is 1.85 bits per heavy atom. The molecule has 0 radical (unpaired) electrons. The SMILES string of the molecule is O=C(Nc1ccc(-c2cn3cccnc3n2)cc1)c1nc(Cl)ccc1Cl. The standard InChI is InChI=1S/C18H11Cl2N5O/c19-13-6-7-15(20)24-16(13)17(26)22-12-4-2-11(3-5-12)14-10-25-9-1-8-21-18(25)23-14/h1-10H,(H,22,26). The number of carbonyl (C=O) groups excluding carboxylic acids is 1. The lowest BCUT2D eigenvalue weighted by Gasteiger charge is -2.07. The van der Waals surface area contributed by atoms with Gasteiger partial charge in [0.25, 0.3) is 5.91 Å². The van der Waals surface area contributed by atoms with Gasteiger partial charge in [-0.05, 0) is 30.3 Å². The summed E-state index contributed by atoms with van der Waals surface area (Å²) in [5, 5.41) is 3.19. The lowest BCUT2D eigenvalue weighted by Crippen LogP contribution is -2.14. The molecule has 128 valence electrons. The molecule has 4 aromatic rings. The molecule has 0 bridgehead atoms. The van der Waals surface area contributed by atoms with Gasteiger partial charge in [0, 0.05) is 29.8 Å². The molecule has 1 N–H and O–H groups in total. The van der Waals surface area contributed by atoms with Gasteiger partial charge in [0.1, 0.15) is 10.8 Å². The van der Waals surface area contributed by atoms with Gasteiger partial charge < -0.3 is 5.32 Å². The smallest absolute Gasteiger partial charge is 0.275 e. The quantitative estimate of drug-likeness (QED) is 0.533. The van der Waals surface area contributed by atoms with Crippen molar-refractivity contribution in [3.05, 3.63) is 76.9 Å². The second kappa shape index (κ2) is 6.74. The molecular formula is C18H11Cl2N5O. The number of aromatic nitrogens is 4. The van der Waals surface area contributed by atoms with Gasteiger partial charge >= 0.3 is 0 Å². The average molecular weight is 384 g/mol. The number of fused-ring (bicyclic) bond motifs is 1. The van der Waals surface area contributed by atoms with E-state index in [0.29, 0.717) is 11.5 Å². The Morgan fingerprint density at radius 3 is 2.62 bits per heavy atom. The normalized spacial score (nSPS) is 10.8. The lowest BCUT2D eigenvalue weighted by molar-refractivity contribution is 0.102. The van der Waals surface area contributed by atoms with Crippen molar-refractivity contribution in [2.24, 2.45) is 0 Å². The molecule has 0 aliphatic heterocycles. The van der Waals surface area contributed by atoms with Crippen LogP contribution >= 0.6 is 23.2 Å². The van der Waals surface area contributed by atoms with Crippen LogP contribution < -0.4 is 5.32 Å². The maximum Gasteiger partial charge on any atom is 0.275 e. The fourth-order valence-corrected chi connectivity index (χ4v) is 2.80. The summed E-state index contributed by atoms with van der Waals surface area (Å²) in [6.45, 7) is 0. The zero-order valence-electron chi connectivity index (χ0n) is 13.2. The van der Waals surface area contributed by atoms with Crippen molar-refractivity contribution in [3.63, 3.8) is 0 Å². The van der Waals surface area contributed by atoms with E-state index in [-0.39, 0.29) is 15.9 Å². The highest BCUT2D eigenvalue weighted by Gasteiger charge is 2.13. The maximum atomic E-state index is 12.3. The Labute approximate surface area is 158 Å². The van der Waals surface area contributed by atoms with Crippen LogP contribution in [0.5, 0.6) is 0 Å². The Kier molecular flexibility index (Phi) is 4.28. The number of rotatable bonds is 3. The largest absolute Gasteiger partial charge is 0.321 e. The van der Waals surface area contributed by atoms with E-state index in [1.54, 1.807) is 18.3 Å². The summed E-state index contributed by atoms with van der Waals surface area (Å²) in [5.41, 5.74) is 2.39. The molecule has 0 atom stereocenters. The van der Waals surface area contributed by atoms with E-state index in [9.17, 15) is 4.79 Å². The van der Waals surface area contributed by atoms with Crippen LogP contribution in [0.1, 0.15) is 10.5 Å². The number of hydrogen-bond donors (Lipinski definition) is 1. The molecule has 4 rings (SSSR count). The molecule has 0 aliphatic carbocycles. The molecule has 0 fully saturated rings. The Morgan fingerprint density at radius 1 is 1.04 bits per heavy atom. The van der Waals surface area contributed by atoms with Crippen LogP contribution in [0.3, 0.4) is 0 Å². The van der Waals surface area contributed by atoms with Gasteiger partial charge in [0.15, 0.2) is 0 Å². The summed E-state index contributed by atoms with van der Waals surface area (Å²) in [5.74, 6) is 0.198. The molecule has 0 spiro atoms. The summed E-state index contributed by atoms with van der Waals surface area (Å²) in [7, 11) is 0. The molecule has 8 heteroatoms. The highest BCUT2D eigenvalue weighted by Crippen LogP contribution is 2.22. The number of amides is 1. The first-order valence-electron chi connectivity index (χ1n) is 7.64. The van der Waals surface area contributed by atoms with Crippen LogP contribution in [-0.2, 0) is 0 Å². The number of benzene rings is 1. The van der Waals surface area contributed by atoms with Crippen molar-refractivity contribution in [2.45, 2.75) is 0 Å². The first kappa shape index (κ1) is 16.5.